The minimum absolute atomic E-state index is 0.0394. The van der Waals surface area contributed by atoms with E-state index in [1.807, 2.05) is 0 Å². The predicted octanol–water partition coefficient (Wildman–Crippen LogP) is -0.0752. The van der Waals surface area contributed by atoms with Gasteiger partial charge in [-0.25, -0.2) is 0 Å². The lowest BCUT2D eigenvalue weighted by molar-refractivity contribution is -0.182. The third-order valence-electron chi connectivity index (χ3n) is 0.925. The van der Waals surface area contributed by atoms with Gasteiger partial charge in [-0.2, -0.15) is 0 Å². The number of ether oxygens (including phenoxy) is 1. The van der Waals surface area contributed by atoms with Crippen molar-refractivity contribution in [2.24, 2.45) is 5.92 Å². The zero-order valence-corrected chi connectivity index (χ0v) is 4.64. The first-order valence-electron chi connectivity index (χ1n) is 2.07. The van der Waals surface area contributed by atoms with E-state index in [9.17, 15) is 9.59 Å². The summed E-state index contributed by atoms with van der Waals surface area (Å²) in [6, 6.07) is 0. The fourth-order valence-corrected chi connectivity index (χ4v) is 0.658. The lowest BCUT2D eigenvalue weighted by atomic mass is 10.1. The Kier molecular flexibility index (Phi) is 1.21. The van der Waals surface area contributed by atoms with E-state index in [0.717, 1.165) is 0 Å². The Hall–Kier alpha value is -0.570. The summed E-state index contributed by atoms with van der Waals surface area (Å²) in [5, 5.41) is 0. The van der Waals surface area contributed by atoms with E-state index in [2.05, 4.69) is 4.74 Å². The molecule has 4 heteroatoms. The molecule has 1 fully saturated rings. The first kappa shape index (κ1) is 5.56. The summed E-state index contributed by atoms with van der Waals surface area (Å²) in [5.74, 6) is -1.66. The zero-order valence-electron chi connectivity index (χ0n) is 3.89. The van der Waals surface area contributed by atoms with Crippen LogP contribution >= 0.6 is 11.6 Å². The van der Waals surface area contributed by atoms with Crippen molar-refractivity contribution in [1.29, 1.82) is 0 Å². The lowest BCUT2D eigenvalue weighted by Crippen LogP contribution is -2.41. The van der Waals surface area contributed by atoms with Gasteiger partial charge >= 0.3 is 11.9 Å². The Morgan fingerprint density at radius 1 is 1.50 bits per heavy atom. The van der Waals surface area contributed by atoms with Crippen molar-refractivity contribution >= 4 is 23.5 Å². The van der Waals surface area contributed by atoms with Crippen LogP contribution in [0.25, 0.3) is 0 Å². The fraction of sp³-hybridized carbons (Fsp3) is 0.500. The molecule has 3 nitrogen and oxygen atoms in total. The summed E-state index contributed by atoms with van der Waals surface area (Å²) in [5.41, 5.74) is 0. The molecule has 0 aromatic carbocycles. The van der Waals surface area contributed by atoms with Gasteiger partial charge in [0.2, 0.25) is 0 Å². The van der Waals surface area contributed by atoms with Gasteiger partial charge in [-0.3, -0.25) is 9.59 Å². The first-order valence-corrected chi connectivity index (χ1v) is 2.60. The second-order valence-electron chi connectivity index (χ2n) is 1.45. The maximum atomic E-state index is 10.1. The van der Waals surface area contributed by atoms with Crippen LogP contribution in [0.5, 0.6) is 0 Å². The average Bonchev–Trinajstić information content (AvgIpc) is 1.67. The Bertz CT molecular complexity index is 128. The van der Waals surface area contributed by atoms with E-state index in [1.165, 1.54) is 0 Å². The molecule has 1 aliphatic rings. The number of esters is 2. The number of carbonyl (C=O) groups excluding carboxylic acids is 2. The van der Waals surface area contributed by atoms with Crippen LogP contribution in [0, 0.1) is 5.92 Å². The maximum absolute atomic E-state index is 10.1. The van der Waals surface area contributed by atoms with Crippen LogP contribution in [0.4, 0.5) is 0 Å². The van der Waals surface area contributed by atoms with Crippen molar-refractivity contribution in [3.63, 3.8) is 0 Å². The SMILES string of the molecule is O=C1OC(=O)C1CCl. The van der Waals surface area contributed by atoms with Gasteiger partial charge in [0.25, 0.3) is 0 Å². The van der Waals surface area contributed by atoms with Gasteiger partial charge in [-0.15, -0.1) is 11.6 Å². The third-order valence-corrected chi connectivity index (χ3v) is 1.23. The van der Waals surface area contributed by atoms with Crippen molar-refractivity contribution in [2.45, 2.75) is 0 Å². The molecule has 0 atom stereocenters. The summed E-state index contributed by atoms with van der Waals surface area (Å²) in [6.07, 6.45) is 0. The molecule has 1 aliphatic heterocycles. The van der Waals surface area contributed by atoms with Gasteiger partial charge in [0, 0.05) is 5.88 Å². The minimum Gasteiger partial charge on any atom is -0.392 e. The molecule has 1 saturated heterocycles. The highest BCUT2D eigenvalue weighted by Crippen LogP contribution is 2.15. The highest BCUT2D eigenvalue weighted by atomic mass is 35.5. The maximum Gasteiger partial charge on any atom is 0.329 e. The van der Waals surface area contributed by atoms with Crippen LogP contribution in [0.1, 0.15) is 0 Å². The van der Waals surface area contributed by atoms with E-state index < -0.39 is 17.9 Å². The van der Waals surface area contributed by atoms with Gasteiger partial charge in [-0.1, -0.05) is 0 Å². The summed E-state index contributed by atoms with van der Waals surface area (Å²) in [6.45, 7) is 0. The summed E-state index contributed by atoms with van der Waals surface area (Å²) in [4.78, 5) is 20.3. The largest absolute Gasteiger partial charge is 0.392 e. The molecule has 0 N–H and O–H groups in total. The molecule has 8 heavy (non-hydrogen) atoms. The van der Waals surface area contributed by atoms with Gasteiger partial charge < -0.3 is 4.74 Å². The lowest BCUT2D eigenvalue weighted by Gasteiger charge is -2.18. The molecule has 0 spiro atoms. The van der Waals surface area contributed by atoms with Crippen LogP contribution in [0.3, 0.4) is 0 Å². The average molecular weight is 135 g/mol. The molecular formula is C4H3ClO3. The molecule has 0 aliphatic carbocycles. The van der Waals surface area contributed by atoms with Gasteiger partial charge in [-0.05, 0) is 0 Å². The van der Waals surface area contributed by atoms with Crippen LogP contribution in [0.15, 0.2) is 0 Å². The standard InChI is InChI=1S/C4H3ClO3/c5-1-2-3(6)8-4(2)7/h2H,1H2. The topological polar surface area (TPSA) is 43.4 Å². The van der Waals surface area contributed by atoms with E-state index in [0.29, 0.717) is 0 Å². The number of carbonyl (C=O) groups is 2. The van der Waals surface area contributed by atoms with E-state index in [-0.39, 0.29) is 5.88 Å². The zero-order chi connectivity index (χ0) is 6.15. The normalized spacial score (nSPS) is 20.1. The van der Waals surface area contributed by atoms with E-state index >= 15 is 0 Å². The van der Waals surface area contributed by atoms with Crippen molar-refractivity contribution in [1.82, 2.24) is 0 Å². The summed E-state index contributed by atoms with van der Waals surface area (Å²) in [7, 11) is 0. The first-order chi connectivity index (χ1) is 3.75. The van der Waals surface area contributed by atoms with Crippen LogP contribution in [-0.2, 0) is 14.3 Å². The Morgan fingerprint density at radius 2 is 2.00 bits per heavy atom. The summed E-state index contributed by atoms with van der Waals surface area (Å²) < 4.78 is 3.98. The molecular weight excluding hydrogens is 131 g/mol. The monoisotopic (exact) mass is 134 g/mol. The molecule has 0 bridgehead atoms. The van der Waals surface area contributed by atoms with Crippen molar-refractivity contribution < 1.29 is 14.3 Å². The predicted molar refractivity (Wildman–Crippen MR) is 25.3 cm³/mol. The fourth-order valence-electron chi connectivity index (χ4n) is 0.406. The smallest absolute Gasteiger partial charge is 0.329 e. The van der Waals surface area contributed by atoms with Gasteiger partial charge in [0.1, 0.15) is 0 Å². The van der Waals surface area contributed by atoms with Crippen LogP contribution in [-0.4, -0.2) is 17.8 Å². The van der Waals surface area contributed by atoms with Crippen LogP contribution < -0.4 is 0 Å². The highest BCUT2D eigenvalue weighted by Gasteiger charge is 2.40. The van der Waals surface area contributed by atoms with Gasteiger partial charge in [0.15, 0.2) is 5.92 Å². The second kappa shape index (κ2) is 1.74. The molecule has 0 radical (unpaired) electrons. The minimum atomic E-state index is -0.684. The number of hydrogen-bond acceptors (Lipinski definition) is 3. The number of alkyl halides is 1. The molecule has 0 saturated carbocycles. The Balaban J connectivity index is 2.52. The van der Waals surface area contributed by atoms with Crippen molar-refractivity contribution in [2.75, 3.05) is 5.88 Å². The van der Waals surface area contributed by atoms with E-state index in [1.54, 1.807) is 0 Å². The van der Waals surface area contributed by atoms with E-state index in [4.69, 9.17) is 11.6 Å². The quantitative estimate of drug-likeness (QED) is 0.286. The molecule has 0 unspecified atom stereocenters. The molecule has 1 heterocycles. The molecule has 1 rings (SSSR count). The number of hydrogen-bond donors (Lipinski definition) is 0. The van der Waals surface area contributed by atoms with Gasteiger partial charge in [0.05, 0.1) is 0 Å². The summed E-state index contributed by atoms with van der Waals surface area (Å²) >= 11 is 5.17. The molecule has 44 valence electrons. The van der Waals surface area contributed by atoms with Crippen LogP contribution in [0.2, 0.25) is 0 Å². The molecule has 0 aromatic rings. The highest BCUT2D eigenvalue weighted by molar-refractivity contribution is 6.24. The Morgan fingerprint density at radius 3 is 2.12 bits per heavy atom. The van der Waals surface area contributed by atoms with Crippen molar-refractivity contribution in [3.8, 4) is 0 Å². The third kappa shape index (κ3) is 0.591. The number of rotatable bonds is 1. The second-order valence-corrected chi connectivity index (χ2v) is 1.76. The number of halogens is 1. The molecule has 0 aromatic heterocycles. The molecule has 0 amide bonds. The Labute approximate surface area is 50.6 Å². The number of cyclic esters (lactones) is 2. The van der Waals surface area contributed by atoms with Crippen molar-refractivity contribution in [3.05, 3.63) is 0 Å².